The Balaban J connectivity index is 1.55. The molecule has 0 amide bonds. The van der Waals surface area contributed by atoms with Crippen LogP contribution in [0.15, 0.2) is 0 Å². The van der Waals surface area contributed by atoms with Crippen molar-refractivity contribution >= 4 is 0 Å². The summed E-state index contributed by atoms with van der Waals surface area (Å²) in [6.45, 7) is 17.4. The fraction of sp³-hybridized carbons (Fsp3) is 1.00. The molecule has 1 unspecified atom stereocenters. The first-order chi connectivity index (χ1) is 10.2. The Labute approximate surface area is 132 Å². The average Bonchev–Trinajstić information content (AvgIpc) is 2.91. The van der Waals surface area contributed by atoms with Crippen molar-refractivity contribution < 1.29 is 0 Å². The van der Waals surface area contributed by atoms with Crippen LogP contribution < -0.4 is 0 Å². The van der Waals surface area contributed by atoms with Crippen LogP contribution in [0.1, 0.15) is 52.9 Å². The van der Waals surface area contributed by atoms with E-state index in [9.17, 15) is 0 Å². The summed E-state index contributed by atoms with van der Waals surface area (Å²) < 4.78 is 0. The van der Waals surface area contributed by atoms with Crippen molar-refractivity contribution in [2.75, 3.05) is 52.4 Å². The van der Waals surface area contributed by atoms with Crippen molar-refractivity contribution in [2.24, 2.45) is 5.92 Å². The molecular weight excluding hydrogens is 258 g/mol. The Morgan fingerprint density at radius 1 is 0.905 bits per heavy atom. The number of likely N-dealkylation sites (tertiary alicyclic amines) is 1. The highest BCUT2D eigenvalue weighted by Crippen LogP contribution is 2.23. The zero-order valence-electron chi connectivity index (χ0n) is 14.7. The van der Waals surface area contributed by atoms with Crippen LogP contribution in [0.3, 0.4) is 0 Å². The Hall–Kier alpha value is -0.120. The van der Waals surface area contributed by atoms with Crippen LogP contribution in [0.2, 0.25) is 0 Å². The SMILES string of the molecule is CCN1CCN(CCCCN2CCCC2CC(C)C)CC1. The highest BCUT2D eigenvalue weighted by Gasteiger charge is 2.24. The highest BCUT2D eigenvalue weighted by molar-refractivity contribution is 4.80. The number of hydrogen-bond donors (Lipinski definition) is 0. The third kappa shape index (κ3) is 5.88. The Kier molecular flexibility index (Phi) is 7.48. The second kappa shape index (κ2) is 9.12. The number of hydrogen-bond acceptors (Lipinski definition) is 3. The van der Waals surface area contributed by atoms with Gasteiger partial charge in [0, 0.05) is 32.2 Å². The van der Waals surface area contributed by atoms with E-state index >= 15 is 0 Å². The van der Waals surface area contributed by atoms with Crippen LogP contribution >= 0.6 is 0 Å². The van der Waals surface area contributed by atoms with Crippen molar-refractivity contribution in [2.45, 2.75) is 58.9 Å². The molecule has 2 aliphatic heterocycles. The van der Waals surface area contributed by atoms with Crippen LogP contribution in [-0.2, 0) is 0 Å². The summed E-state index contributed by atoms with van der Waals surface area (Å²) in [5.41, 5.74) is 0. The van der Waals surface area contributed by atoms with E-state index < -0.39 is 0 Å². The molecule has 3 nitrogen and oxygen atoms in total. The van der Waals surface area contributed by atoms with Crippen molar-refractivity contribution in [3.05, 3.63) is 0 Å². The molecule has 0 aromatic heterocycles. The first-order valence-electron chi connectivity index (χ1n) is 9.37. The van der Waals surface area contributed by atoms with Gasteiger partial charge in [-0.2, -0.15) is 0 Å². The Morgan fingerprint density at radius 3 is 2.24 bits per heavy atom. The molecule has 0 saturated carbocycles. The predicted molar refractivity (Wildman–Crippen MR) is 91.8 cm³/mol. The van der Waals surface area contributed by atoms with E-state index in [4.69, 9.17) is 0 Å². The van der Waals surface area contributed by atoms with Crippen molar-refractivity contribution in [1.82, 2.24) is 14.7 Å². The molecular formula is C18H37N3. The van der Waals surface area contributed by atoms with Gasteiger partial charge in [-0.1, -0.05) is 20.8 Å². The molecule has 0 aromatic carbocycles. The maximum absolute atomic E-state index is 2.77. The fourth-order valence-electron chi connectivity index (χ4n) is 3.98. The first kappa shape index (κ1) is 17.2. The van der Waals surface area contributed by atoms with E-state index in [-0.39, 0.29) is 0 Å². The smallest absolute Gasteiger partial charge is 0.0110 e. The normalized spacial score (nSPS) is 26.0. The minimum Gasteiger partial charge on any atom is -0.301 e. The summed E-state index contributed by atoms with van der Waals surface area (Å²) >= 11 is 0. The second-order valence-corrected chi connectivity index (χ2v) is 7.44. The van der Waals surface area contributed by atoms with Gasteiger partial charge in [0.2, 0.25) is 0 Å². The van der Waals surface area contributed by atoms with Gasteiger partial charge in [0.15, 0.2) is 0 Å². The summed E-state index contributed by atoms with van der Waals surface area (Å²) in [7, 11) is 0. The lowest BCUT2D eigenvalue weighted by Gasteiger charge is -2.34. The number of likely N-dealkylation sites (N-methyl/N-ethyl adjacent to an activating group) is 1. The lowest BCUT2D eigenvalue weighted by atomic mass is 10.0. The van der Waals surface area contributed by atoms with E-state index in [1.165, 1.54) is 84.5 Å². The molecule has 2 saturated heterocycles. The third-order valence-corrected chi connectivity index (χ3v) is 5.32. The Morgan fingerprint density at radius 2 is 1.57 bits per heavy atom. The molecule has 2 heterocycles. The van der Waals surface area contributed by atoms with E-state index in [0.29, 0.717) is 0 Å². The van der Waals surface area contributed by atoms with Gasteiger partial charge >= 0.3 is 0 Å². The number of nitrogens with zero attached hydrogens (tertiary/aromatic N) is 3. The summed E-state index contributed by atoms with van der Waals surface area (Å²) in [6, 6.07) is 0.887. The molecule has 2 fully saturated rings. The summed E-state index contributed by atoms with van der Waals surface area (Å²) in [5, 5.41) is 0. The van der Waals surface area contributed by atoms with Gasteiger partial charge in [-0.3, -0.25) is 0 Å². The molecule has 1 atom stereocenters. The van der Waals surface area contributed by atoms with Gasteiger partial charge in [-0.15, -0.1) is 0 Å². The standard InChI is InChI=1S/C18H37N3/c1-4-19-12-14-20(15-13-19)9-5-6-10-21-11-7-8-18(21)16-17(2)3/h17-18H,4-16H2,1-3H3. The molecule has 0 spiro atoms. The number of unbranched alkanes of at least 4 members (excludes halogenated alkanes) is 1. The molecule has 2 rings (SSSR count). The van der Waals surface area contributed by atoms with E-state index in [0.717, 1.165) is 12.0 Å². The van der Waals surface area contributed by atoms with Crippen molar-refractivity contribution in [3.8, 4) is 0 Å². The summed E-state index contributed by atoms with van der Waals surface area (Å²) in [6.07, 6.45) is 7.05. The zero-order valence-corrected chi connectivity index (χ0v) is 14.7. The van der Waals surface area contributed by atoms with Crippen LogP contribution in [-0.4, -0.2) is 73.1 Å². The molecule has 3 heteroatoms. The molecule has 0 aliphatic carbocycles. The molecule has 0 radical (unpaired) electrons. The number of piperazine rings is 1. The lowest BCUT2D eigenvalue weighted by molar-refractivity contribution is 0.133. The molecule has 21 heavy (non-hydrogen) atoms. The van der Waals surface area contributed by atoms with Gasteiger partial charge < -0.3 is 14.7 Å². The second-order valence-electron chi connectivity index (χ2n) is 7.44. The molecule has 0 bridgehead atoms. The topological polar surface area (TPSA) is 9.72 Å². The lowest BCUT2D eigenvalue weighted by Crippen LogP contribution is -2.46. The van der Waals surface area contributed by atoms with Crippen LogP contribution in [0.5, 0.6) is 0 Å². The number of rotatable bonds is 8. The summed E-state index contributed by atoms with van der Waals surface area (Å²) in [5.74, 6) is 0.852. The maximum Gasteiger partial charge on any atom is 0.0110 e. The Bertz CT molecular complexity index is 272. The van der Waals surface area contributed by atoms with Gasteiger partial charge in [0.25, 0.3) is 0 Å². The predicted octanol–water partition coefficient (Wildman–Crippen LogP) is 2.91. The average molecular weight is 296 g/mol. The molecule has 2 aliphatic rings. The van der Waals surface area contributed by atoms with Crippen molar-refractivity contribution in [3.63, 3.8) is 0 Å². The van der Waals surface area contributed by atoms with Gasteiger partial charge in [0.1, 0.15) is 0 Å². The minimum atomic E-state index is 0.852. The molecule has 0 N–H and O–H groups in total. The quantitative estimate of drug-likeness (QED) is 0.638. The van der Waals surface area contributed by atoms with Crippen LogP contribution in [0.25, 0.3) is 0 Å². The summed E-state index contributed by atoms with van der Waals surface area (Å²) in [4.78, 5) is 8.01. The van der Waals surface area contributed by atoms with E-state index in [1.54, 1.807) is 0 Å². The zero-order chi connectivity index (χ0) is 15.1. The fourth-order valence-corrected chi connectivity index (χ4v) is 3.98. The maximum atomic E-state index is 2.77. The largest absolute Gasteiger partial charge is 0.301 e. The minimum absolute atomic E-state index is 0.852. The van der Waals surface area contributed by atoms with Crippen molar-refractivity contribution in [1.29, 1.82) is 0 Å². The van der Waals surface area contributed by atoms with Crippen LogP contribution in [0, 0.1) is 5.92 Å². The van der Waals surface area contributed by atoms with Gasteiger partial charge in [0.05, 0.1) is 0 Å². The monoisotopic (exact) mass is 295 g/mol. The first-order valence-corrected chi connectivity index (χ1v) is 9.37. The van der Waals surface area contributed by atoms with Gasteiger partial charge in [-0.05, 0) is 64.2 Å². The van der Waals surface area contributed by atoms with E-state index in [1.807, 2.05) is 0 Å². The van der Waals surface area contributed by atoms with E-state index in [2.05, 4.69) is 35.5 Å². The highest BCUT2D eigenvalue weighted by atomic mass is 15.3. The van der Waals surface area contributed by atoms with Crippen LogP contribution in [0.4, 0.5) is 0 Å². The third-order valence-electron chi connectivity index (χ3n) is 5.32. The molecule has 0 aromatic rings. The molecule has 124 valence electrons. The van der Waals surface area contributed by atoms with Gasteiger partial charge in [-0.25, -0.2) is 0 Å².